The zero-order valence-electron chi connectivity index (χ0n) is 22.2. The van der Waals surface area contributed by atoms with Gasteiger partial charge < -0.3 is 39.5 Å². The number of benzene rings is 2. The van der Waals surface area contributed by atoms with Crippen LogP contribution in [0.1, 0.15) is 41.3 Å². The molecule has 2 unspecified atom stereocenters. The number of Topliss-reactive ketones (excluding diaryl/α,β-unsaturated/α-hetero) is 1. The number of nitrogens with two attached hydrogens (primary N) is 1. The van der Waals surface area contributed by atoms with E-state index in [1.807, 2.05) is 26.0 Å². The Kier molecular flexibility index (Phi) is 5.90. The van der Waals surface area contributed by atoms with Crippen molar-refractivity contribution in [1.29, 1.82) is 0 Å². The van der Waals surface area contributed by atoms with Crippen LogP contribution in [-0.4, -0.2) is 63.4 Å². The molecule has 5 heterocycles. The summed E-state index contributed by atoms with van der Waals surface area (Å²) in [7, 11) is 3.07. The highest BCUT2D eigenvalue weighted by molar-refractivity contribution is 6.08. The summed E-state index contributed by atoms with van der Waals surface area (Å²) in [6, 6.07) is 4.92. The zero-order chi connectivity index (χ0) is 28.2. The van der Waals surface area contributed by atoms with Crippen molar-refractivity contribution >= 4 is 28.8 Å². The molecule has 0 bridgehead atoms. The number of H-pyrrole nitrogens is 1. The number of ketones is 1. The highest BCUT2D eigenvalue weighted by atomic mass is 16.5. The molecule has 0 spiro atoms. The number of fused-ring (bicyclic) bond motifs is 7. The van der Waals surface area contributed by atoms with E-state index in [0.29, 0.717) is 56.9 Å². The van der Waals surface area contributed by atoms with Crippen LogP contribution in [0.15, 0.2) is 36.9 Å². The molecule has 0 saturated heterocycles. The number of carbonyl (C=O) groups excluding carboxylic acids is 1. The predicted octanol–water partition coefficient (Wildman–Crippen LogP) is 3.65. The first-order valence-corrected chi connectivity index (χ1v) is 12.5. The number of phenolic OH excluding ortho intramolecular Hbond substituents is 1. The molecule has 4 N–H and O–H groups in total. The largest absolute Gasteiger partial charge is 0.507 e. The molecule has 12 nitrogen and oxygen atoms in total. The van der Waals surface area contributed by atoms with E-state index in [1.54, 1.807) is 19.2 Å². The van der Waals surface area contributed by atoms with Crippen LogP contribution in [0.5, 0.6) is 34.5 Å². The number of methoxy groups -OCH3 is 2. The summed E-state index contributed by atoms with van der Waals surface area (Å²) in [5, 5.41) is 10.7. The number of rotatable bonds is 2. The van der Waals surface area contributed by atoms with Gasteiger partial charge in [0.2, 0.25) is 0 Å². The Bertz CT molecular complexity index is 1680. The number of ether oxygens (including phenoxy) is 5. The van der Waals surface area contributed by atoms with Crippen molar-refractivity contribution in [2.24, 2.45) is 0 Å². The van der Waals surface area contributed by atoms with E-state index in [9.17, 15) is 9.90 Å². The number of aromatic nitrogens is 4. The van der Waals surface area contributed by atoms with Crippen LogP contribution in [0.2, 0.25) is 0 Å². The fourth-order valence-corrected chi connectivity index (χ4v) is 5.06. The highest BCUT2D eigenvalue weighted by Gasteiger charge is 2.46. The van der Waals surface area contributed by atoms with Gasteiger partial charge in [0.1, 0.15) is 58.7 Å². The number of aromatic amines is 1. The number of anilines is 1. The molecule has 0 amide bonds. The number of nitrogens with one attached hydrogen (secondary N) is 1. The number of hydrogen-bond donors (Lipinski definition) is 3. The van der Waals surface area contributed by atoms with Gasteiger partial charge >= 0.3 is 0 Å². The van der Waals surface area contributed by atoms with Crippen molar-refractivity contribution in [3.8, 4) is 34.5 Å². The van der Waals surface area contributed by atoms with Gasteiger partial charge in [-0.1, -0.05) is 0 Å². The van der Waals surface area contributed by atoms with Gasteiger partial charge in [0.05, 0.1) is 32.0 Å². The van der Waals surface area contributed by atoms with Gasteiger partial charge in [-0.2, -0.15) is 0 Å². The Morgan fingerprint density at radius 3 is 2.62 bits per heavy atom. The number of carbonyl (C=O) groups is 1. The summed E-state index contributed by atoms with van der Waals surface area (Å²) in [4.78, 5) is 27.9. The molecule has 0 fully saturated rings. The summed E-state index contributed by atoms with van der Waals surface area (Å²) >= 11 is 0. The lowest BCUT2D eigenvalue weighted by atomic mass is 9.80. The van der Waals surface area contributed by atoms with Crippen LogP contribution in [0.3, 0.4) is 0 Å². The molecular formula is C28H27N5O7. The third-order valence-electron chi connectivity index (χ3n) is 6.96. The van der Waals surface area contributed by atoms with Crippen molar-refractivity contribution in [2.75, 3.05) is 26.6 Å². The van der Waals surface area contributed by atoms with Gasteiger partial charge in [-0.05, 0) is 32.1 Å². The summed E-state index contributed by atoms with van der Waals surface area (Å²) in [5.74, 6) is 1.77. The topological polar surface area (TPSA) is 164 Å². The molecule has 3 aliphatic heterocycles. The number of hydrogen-bond acceptors (Lipinski definition) is 11. The fourth-order valence-electron chi connectivity index (χ4n) is 5.06. The molecule has 206 valence electrons. The standard InChI is InChI=1S/C23H22O7.C5H5N5/c1-23(2)6-5-11-15(30-23)8-13(24)20-21(25)19-12-7-16(26-3)17(27-4)9-14(12)28-10-18(19)29-22(11)20;6-4-3-5(9-1-7-3)10-2-8-4/h5-9,18-19,24H,10H2,1-4H3;1-2H,(H3,6,7,8,9,10). The van der Waals surface area contributed by atoms with E-state index >= 15 is 0 Å². The van der Waals surface area contributed by atoms with Gasteiger partial charge in [-0.25, -0.2) is 15.0 Å². The van der Waals surface area contributed by atoms with Gasteiger partial charge in [-0.3, -0.25) is 4.79 Å². The van der Waals surface area contributed by atoms with Gasteiger partial charge in [0.15, 0.2) is 28.7 Å². The number of phenols is 1. The number of nitrogen functional groups attached to an aromatic ring is 1. The molecule has 2 atom stereocenters. The van der Waals surface area contributed by atoms with E-state index in [2.05, 4.69) is 19.9 Å². The van der Waals surface area contributed by atoms with E-state index in [0.717, 1.165) is 0 Å². The second-order valence-corrected chi connectivity index (χ2v) is 9.96. The predicted molar refractivity (Wildman–Crippen MR) is 144 cm³/mol. The number of imidazole rings is 1. The molecule has 7 rings (SSSR count). The minimum Gasteiger partial charge on any atom is -0.507 e. The van der Waals surface area contributed by atoms with Gasteiger partial charge in [-0.15, -0.1) is 0 Å². The van der Waals surface area contributed by atoms with Crippen molar-refractivity contribution < 1.29 is 33.6 Å². The van der Waals surface area contributed by atoms with Crippen molar-refractivity contribution in [3.05, 3.63) is 53.6 Å². The first-order chi connectivity index (χ1) is 19.2. The van der Waals surface area contributed by atoms with Gasteiger partial charge in [0.25, 0.3) is 0 Å². The number of aromatic hydroxyl groups is 1. The molecule has 0 saturated carbocycles. The fraction of sp³-hybridized carbons (Fsp3) is 0.286. The van der Waals surface area contributed by atoms with Crippen molar-refractivity contribution in [1.82, 2.24) is 19.9 Å². The summed E-state index contributed by atoms with van der Waals surface area (Å²) in [5.41, 5.74) is 7.71. The lowest BCUT2D eigenvalue weighted by molar-refractivity contribution is 0.0547. The van der Waals surface area contributed by atoms with E-state index in [4.69, 9.17) is 29.4 Å². The quantitative estimate of drug-likeness (QED) is 0.337. The Balaban J connectivity index is 0.000000242. The highest BCUT2D eigenvalue weighted by Crippen LogP contribution is 2.52. The number of nitrogens with zero attached hydrogens (tertiary/aromatic N) is 3. The van der Waals surface area contributed by atoms with E-state index < -0.39 is 17.6 Å². The summed E-state index contributed by atoms with van der Waals surface area (Å²) in [6.45, 7) is 4.02. The molecule has 3 aliphatic rings. The molecule has 0 aliphatic carbocycles. The van der Waals surface area contributed by atoms with Crippen LogP contribution in [0.4, 0.5) is 5.82 Å². The van der Waals surface area contributed by atoms with Crippen LogP contribution >= 0.6 is 0 Å². The normalized spacial score (nSPS) is 19.4. The Morgan fingerprint density at radius 2 is 1.88 bits per heavy atom. The summed E-state index contributed by atoms with van der Waals surface area (Å²) in [6.07, 6.45) is 6.16. The van der Waals surface area contributed by atoms with Crippen LogP contribution in [0.25, 0.3) is 17.2 Å². The first-order valence-electron chi connectivity index (χ1n) is 12.5. The van der Waals surface area contributed by atoms with Crippen LogP contribution in [0, 0.1) is 0 Å². The lowest BCUT2D eigenvalue weighted by Crippen LogP contribution is -2.43. The molecular weight excluding hydrogens is 518 g/mol. The second-order valence-electron chi connectivity index (χ2n) is 9.96. The average molecular weight is 546 g/mol. The van der Waals surface area contributed by atoms with Crippen molar-refractivity contribution in [3.63, 3.8) is 0 Å². The Morgan fingerprint density at radius 1 is 1.10 bits per heavy atom. The van der Waals surface area contributed by atoms with E-state index in [-0.39, 0.29) is 23.7 Å². The molecule has 0 radical (unpaired) electrons. The molecule has 2 aromatic carbocycles. The third-order valence-corrected chi connectivity index (χ3v) is 6.96. The monoisotopic (exact) mass is 545 g/mol. The smallest absolute Gasteiger partial charge is 0.182 e. The van der Waals surface area contributed by atoms with Gasteiger partial charge in [0, 0.05) is 17.7 Å². The summed E-state index contributed by atoms with van der Waals surface area (Å²) < 4.78 is 28.8. The maximum absolute atomic E-state index is 13.6. The molecule has 4 aromatic rings. The Hall–Kier alpha value is -5.00. The molecule has 40 heavy (non-hydrogen) atoms. The van der Waals surface area contributed by atoms with E-state index in [1.165, 1.54) is 25.8 Å². The lowest BCUT2D eigenvalue weighted by Gasteiger charge is -2.39. The zero-order valence-corrected chi connectivity index (χ0v) is 22.2. The molecule has 2 aromatic heterocycles. The maximum Gasteiger partial charge on any atom is 0.182 e. The average Bonchev–Trinajstić information content (AvgIpc) is 3.42. The minimum absolute atomic E-state index is 0.158. The SMILES string of the molecule is COc1cc2c(cc1OC)C1C(=O)c3c(O)cc4c(c3OC1CO2)C=CC(C)(C)O4.Nc1ncnc2nc[nH]c12. The van der Waals surface area contributed by atoms with Crippen LogP contribution in [-0.2, 0) is 0 Å². The maximum atomic E-state index is 13.6. The third kappa shape index (κ3) is 4.08. The minimum atomic E-state index is -0.630. The van der Waals surface area contributed by atoms with Crippen LogP contribution < -0.4 is 29.4 Å². The first kappa shape index (κ1) is 25.3. The molecule has 12 heteroatoms. The Labute approximate surface area is 228 Å². The second kappa shape index (κ2) is 9.33. The van der Waals surface area contributed by atoms with Crippen molar-refractivity contribution in [2.45, 2.75) is 31.5 Å².